The van der Waals surface area contributed by atoms with Gasteiger partial charge in [-0.1, -0.05) is 18.2 Å². The van der Waals surface area contributed by atoms with E-state index in [0.717, 1.165) is 33.7 Å². The van der Waals surface area contributed by atoms with Crippen LogP contribution in [-0.4, -0.2) is 18.5 Å². The minimum atomic E-state index is -0.234. The van der Waals surface area contributed by atoms with Gasteiger partial charge in [0.15, 0.2) is 11.2 Å². The maximum atomic E-state index is 13.2. The van der Waals surface area contributed by atoms with Crippen LogP contribution in [-0.2, 0) is 0 Å². The third kappa shape index (κ3) is 4.73. The van der Waals surface area contributed by atoms with Crippen LogP contribution in [0.5, 0.6) is 0 Å². The normalized spacial score (nSPS) is 15.6. The molecule has 1 aliphatic rings. The molecule has 0 fully saturated rings. The Morgan fingerprint density at radius 3 is 2.54 bits per heavy atom. The fourth-order valence-electron chi connectivity index (χ4n) is 4.27. The Bertz CT molecular complexity index is 1510. The number of hydrogen-bond acceptors (Lipinski definition) is 6. The molecule has 0 spiro atoms. The minimum Gasteiger partial charge on any atom is -0.455 e. The molecular weight excluding hydrogens is 438 g/mol. The molecule has 0 aliphatic heterocycles. The number of anilines is 1. The first-order valence-corrected chi connectivity index (χ1v) is 11.5. The summed E-state index contributed by atoms with van der Waals surface area (Å²) in [6, 6.07) is 12.5. The third-order valence-corrected chi connectivity index (χ3v) is 6.23. The third-order valence-electron chi connectivity index (χ3n) is 6.23. The smallest absolute Gasteiger partial charge is 0.193 e. The van der Waals surface area contributed by atoms with Gasteiger partial charge in [0, 0.05) is 46.8 Å². The van der Waals surface area contributed by atoms with Gasteiger partial charge in [-0.3, -0.25) is 9.59 Å². The highest BCUT2D eigenvalue weighted by molar-refractivity contribution is 6.13. The van der Waals surface area contributed by atoms with Crippen LogP contribution in [0, 0.1) is 12.3 Å². The molecule has 4 rings (SSSR count). The summed E-state index contributed by atoms with van der Waals surface area (Å²) in [4.78, 5) is 25.3. The molecule has 1 heterocycles. The van der Waals surface area contributed by atoms with Gasteiger partial charge in [-0.2, -0.15) is 0 Å². The zero-order valence-electron chi connectivity index (χ0n) is 20.6. The molecule has 0 saturated carbocycles. The number of para-hydroxylation sites is 1. The van der Waals surface area contributed by atoms with Crippen LogP contribution in [0.2, 0.25) is 0 Å². The van der Waals surface area contributed by atoms with Gasteiger partial charge in [-0.05, 0) is 69.7 Å². The number of hydrogen-bond donors (Lipinski definition) is 3. The quantitative estimate of drug-likeness (QED) is 0.390. The molecule has 1 aromatic heterocycles. The van der Waals surface area contributed by atoms with E-state index in [9.17, 15) is 9.59 Å². The van der Waals surface area contributed by atoms with Crippen molar-refractivity contribution >= 4 is 33.7 Å². The number of benzene rings is 2. The molecule has 6 heteroatoms. The van der Waals surface area contributed by atoms with Crippen molar-refractivity contribution in [3.05, 3.63) is 105 Å². The second-order valence-electron chi connectivity index (χ2n) is 8.81. The summed E-state index contributed by atoms with van der Waals surface area (Å²) < 4.78 is 6.36. The number of carbonyl (C=O) groups is 1. The van der Waals surface area contributed by atoms with Gasteiger partial charge in [-0.25, -0.2) is 0 Å². The molecule has 178 valence electrons. The Hall–Kier alpha value is -4.19. The van der Waals surface area contributed by atoms with Gasteiger partial charge in [-0.15, -0.1) is 0 Å². The largest absolute Gasteiger partial charge is 0.455 e. The van der Waals surface area contributed by atoms with Crippen LogP contribution in [0.15, 0.2) is 81.2 Å². The highest BCUT2D eigenvalue weighted by atomic mass is 16.3. The molecule has 0 bridgehead atoms. The molecule has 2 aromatic carbocycles. The minimum absolute atomic E-state index is 0.0227. The summed E-state index contributed by atoms with van der Waals surface area (Å²) in [5.41, 5.74) is 6.20. The van der Waals surface area contributed by atoms with E-state index in [2.05, 4.69) is 10.6 Å². The maximum Gasteiger partial charge on any atom is 0.193 e. The average molecular weight is 468 g/mol. The van der Waals surface area contributed by atoms with E-state index in [1.165, 1.54) is 6.07 Å². The first-order valence-electron chi connectivity index (χ1n) is 11.5. The van der Waals surface area contributed by atoms with Crippen molar-refractivity contribution < 1.29 is 9.21 Å². The molecule has 0 saturated heterocycles. The first kappa shape index (κ1) is 24.0. The fraction of sp³-hybridized carbons (Fsp3) is 0.207. The van der Waals surface area contributed by atoms with Gasteiger partial charge in [0.25, 0.3) is 0 Å². The number of allylic oxidation sites excluding steroid dienone is 6. The lowest BCUT2D eigenvalue weighted by atomic mass is 9.96. The van der Waals surface area contributed by atoms with Crippen LogP contribution in [0.25, 0.3) is 16.5 Å². The van der Waals surface area contributed by atoms with Crippen LogP contribution in [0.3, 0.4) is 0 Å². The van der Waals surface area contributed by atoms with Crippen LogP contribution >= 0.6 is 0 Å². The van der Waals surface area contributed by atoms with E-state index in [1.807, 2.05) is 64.2 Å². The lowest BCUT2D eigenvalue weighted by molar-refractivity contribution is 0.101. The van der Waals surface area contributed by atoms with Crippen LogP contribution in [0.4, 0.5) is 5.69 Å². The fourth-order valence-corrected chi connectivity index (χ4v) is 4.27. The van der Waals surface area contributed by atoms with E-state index >= 15 is 0 Å². The van der Waals surface area contributed by atoms with Crippen molar-refractivity contribution in [3.8, 4) is 0 Å². The van der Waals surface area contributed by atoms with E-state index in [4.69, 9.17) is 9.83 Å². The Balaban J connectivity index is 1.85. The molecule has 0 amide bonds. The van der Waals surface area contributed by atoms with Gasteiger partial charge in [0.2, 0.25) is 0 Å². The molecule has 1 unspecified atom stereocenters. The van der Waals surface area contributed by atoms with Gasteiger partial charge in [0.05, 0.1) is 17.1 Å². The van der Waals surface area contributed by atoms with Gasteiger partial charge < -0.3 is 20.5 Å². The lowest BCUT2D eigenvalue weighted by Gasteiger charge is -2.20. The Morgan fingerprint density at radius 2 is 1.83 bits per heavy atom. The number of nitrogens with one attached hydrogen (secondary N) is 3. The number of Topliss-reactive ketones (excluding diaryl/α,β-unsaturated/α-hetero) is 1. The zero-order valence-corrected chi connectivity index (χ0v) is 20.6. The molecular formula is C29H29N3O3. The molecule has 3 aromatic rings. The van der Waals surface area contributed by atoms with Crippen LogP contribution in [0.1, 0.15) is 54.1 Å². The van der Waals surface area contributed by atoms with E-state index in [1.54, 1.807) is 25.1 Å². The summed E-state index contributed by atoms with van der Waals surface area (Å²) in [5.74, 6) is 0.416. The number of fused-ring (bicyclic) bond motifs is 1. The number of rotatable bonds is 6. The first-order chi connectivity index (χ1) is 16.7. The highest BCUT2D eigenvalue weighted by Gasteiger charge is 2.19. The SMILES string of the molecule is CN/C(C)=C1/C=C(c2cc(=O)c3cc(C)cc(C(C)Nc4ccccc4C(C)=O)c3o2)C=CC1=N. The number of ketones is 1. The summed E-state index contributed by atoms with van der Waals surface area (Å²) in [6.45, 7) is 7.38. The molecule has 1 atom stereocenters. The van der Waals surface area contributed by atoms with E-state index in [-0.39, 0.29) is 17.3 Å². The molecule has 3 N–H and O–H groups in total. The average Bonchev–Trinajstić information content (AvgIpc) is 2.84. The van der Waals surface area contributed by atoms with E-state index < -0.39 is 0 Å². The van der Waals surface area contributed by atoms with Crippen molar-refractivity contribution in [2.75, 3.05) is 12.4 Å². The second-order valence-corrected chi connectivity index (χ2v) is 8.81. The zero-order chi connectivity index (χ0) is 25.3. The monoisotopic (exact) mass is 467 g/mol. The maximum absolute atomic E-state index is 13.2. The highest BCUT2D eigenvalue weighted by Crippen LogP contribution is 2.31. The van der Waals surface area contributed by atoms with Crippen molar-refractivity contribution in [1.82, 2.24) is 5.32 Å². The molecule has 0 radical (unpaired) electrons. The predicted octanol–water partition coefficient (Wildman–Crippen LogP) is 5.94. The van der Waals surface area contributed by atoms with Crippen LogP contribution < -0.4 is 16.1 Å². The topological polar surface area (TPSA) is 95.2 Å². The van der Waals surface area contributed by atoms with Crippen molar-refractivity contribution in [2.24, 2.45) is 0 Å². The Morgan fingerprint density at radius 1 is 1.09 bits per heavy atom. The predicted molar refractivity (Wildman–Crippen MR) is 142 cm³/mol. The number of aryl methyl sites for hydroxylation is 1. The van der Waals surface area contributed by atoms with Gasteiger partial charge in [0.1, 0.15) is 11.3 Å². The van der Waals surface area contributed by atoms with Crippen molar-refractivity contribution in [3.63, 3.8) is 0 Å². The summed E-state index contributed by atoms with van der Waals surface area (Å²) in [5, 5.41) is 15.2. The molecule has 35 heavy (non-hydrogen) atoms. The lowest BCUT2D eigenvalue weighted by Crippen LogP contribution is -2.13. The Kier molecular flexibility index (Phi) is 6.56. The van der Waals surface area contributed by atoms with Crippen molar-refractivity contribution in [1.29, 1.82) is 5.41 Å². The molecule has 1 aliphatic carbocycles. The van der Waals surface area contributed by atoms with E-state index in [0.29, 0.717) is 28.0 Å². The molecule has 6 nitrogen and oxygen atoms in total. The van der Waals surface area contributed by atoms with Gasteiger partial charge >= 0.3 is 0 Å². The summed E-state index contributed by atoms with van der Waals surface area (Å²) in [7, 11) is 1.81. The second kappa shape index (κ2) is 9.58. The number of carbonyl (C=O) groups excluding carboxylic acids is 1. The Labute approximate surface area is 204 Å². The summed E-state index contributed by atoms with van der Waals surface area (Å²) >= 11 is 0. The summed E-state index contributed by atoms with van der Waals surface area (Å²) in [6.07, 6.45) is 5.35. The standard InChI is InChI=1S/C29H29N3O3/c1-16-12-23(18(3)32-26-9-7-6-8-21(26)19(4)33)29-24(13-16)27(34)15-28(35-29)20-10-11-25(30)22(14-20)17(2)31-5/h6-15,18,30-32H,1-5H3/b22-17-,30-25?. The van der Waals surface area contributed by atoms with Crippen molar-refractivity contribution in [2.45, 2.75) is 33.7 Å².